The molecule has 1 N–H and O–H groups in total. The molecule has 0 bridgehead atoms. The molecule has 0 radical (unpaired) electrons. The third-order valence-corrected chi connectivity index (χ3v) is 6.67. The fourth-order valence-corrected chi connectivity index (χ4v) is 4.96. The summed E-state index contributed by atoms with van der Waals surface area (Å²) in [6, 6.07) is 5.97. The molecule has 0 aliphatic carbocycles. The lowest BCUT2D eigenvalue weighted by atomic mass is 9.94. The first-order chi connectivity index (χ1) is 15.0. The summed E-state index contributed by atoms with van der Waals surface area (Å²) in [6.07, 6.45) is 3.88. The average molecular weight is 429 g/mol. The summed E-state index contributed by atoms with van der Waals surface area (Å²) in [7, 11) is 0. The van der Waals surface area contributed by atoms with E-state index < -0.39 is 12.0 Å². The number of benzene rings is 1. The van der Waals surface area contributed by atoms with Crippen molar-refractivity contribution in [2.24, 2.45) is 5.92 Å². The van der Waals surface area contributed by atoms with Crippen LogP contribution in [0, 0.1) is 5.92 Å². The normalized spacial score (nSPS) is 26.4. The first-order valence-electron chi connectivity index (χ1n) is 11.3. The van der Waals surface area contributed by atoms with Crippen molar-refractivity contribution in [3.05, 3.63) is 29.8 Å². The molecule has 4 rings (SSSR count). The molecule has 8 heteroatoms. The molecule has 3 aliphatic rings. The van der Waals surface area contributed by atoms with E-state index >= 15 is 0 Å². The van der Waals surface area contributed by atoms with Gasteiger partial charge in [0, 0.05) is 31.8 Å². The lowest BCUT2D eigenvalue weighted by Crippen LogP contribution is -3.17. The molecular formula is C23H30N3O5+. The number of carbonyl (C=O) groups excluding carboxylic acids is 4. The van der Waals surface area contributed by atoms with Crippen LogP contribution in [0.2, 0.25) is 0 Å². The van der Waals surface area contributed by atoms with Gasteiger partial charge in [-0.2, -0.15) is 0 Å². The molecule has 8 nitrogen and oxygen atoms in total. The molecular weight excluding hydrogens is 398 g/mol. The molecule has 1 aromatic carbocycles. The van der Waals surface area contributed by atoms with Crippen molar-refractivity contribution in [3.63, 3.8) is 0 Å². The summed E-state index contributed by atoms with van der Waals surface area (Å²) in [5.41, 5.74) is 0.862. The second-order valence-electron chi connectivity index (χ2n) is 8.56. The van der Waals surface area contributed by atoms with Gasteiger partial charge in [-0.25, -0.2) is 9.69 Å². The number of esters is 1. The Morgan fingerprint density at radius 1 is 1.06 bits per heavy atom. The number of rotatable bonds is 5. The minimum absolute atomic E-state index is 0.0422. The second kappa shape index (κ2) is 9.18. The number of anilines is 1. The van der Waals surface area contributed by atoms with Gasteiger partial charge in [0.2, 0.25) is 11.8 Å². The minimum atomic E-state index is -0.429. The van der Waals surface area contributed by atoms with Crippen LogP contribution in [0.3, 0.4) is 0 Å². The van der Waals surface area contributed by atoms with Gasteiger partial charge in [0.05, 0.1) is 37.4 Å². The van der Waals surface area contributed by atoms with Crippen molar-refractivity contribution in [1.29, 1.82) is 0 Å². The molecule has 3 amide bonds. The molecule has 0 aromatic heterocycles. The Bertz CT molecular complexity index is 854. The smallest absolute Gasteiger partial charge is 0.338 e. The quantitative estimate of drug-likeness (QED) is 0.542. The van der Waals surface area contributed by atoms with Gasteiger partial charge in [0.15, 0.2) is 6.04 Å². The van der Waals surface area contributed by atoms with Gasteiger partial charge in [0.1, 0.15) is 0 Å². The summed E-state index contributed by atoms with van der Waals surface area (Å²) in [6.45, 7) is 5.21. The highest BCUT2D eigenvalue weighted by molar-refractivity contribution is 6.22. The third kappa shape index (κ3) is 4.35. The van der Waals surface area contributed by atoms with Crippen molar-refractivity contribution in [2.75, 3.05) is 37.7 Å². The van der Waals surface area contributed by atoms with Crippen molar-refractivity contribution in [1.82, 2.24) is 4.90 Å². The van der Waals surface area contributed by atoms with E-state index in [9.17, 15) is 19.2 Å². The van der Waals surface area contributed by atoms with Crippen LogP contribution >= 0.6 is 0 Å². The lowest BCUT2D eigenvalue weighted by Gasteiger charge is -2.33. The second-order valence-corrected chi connectivity index (χ2v) is 8.56. The Morgan fingerprint density at radius 2 is 1.71 bits per heavy atom. The molecule has 3 saturated heterocycles. The van der Waals surface area contributed by atoms with E-state index in [1.54, 1.807) is 31.2 Å². The molecule has 3 heterocycles. The van der Waals surface area contributed by atoms with E-state index in [1.807, 2.05) is 4.90 Å². The van der Waals surface area contributed by atoms with Crippen molar-refractivity contribution < 1.29 is 28.8 Å². The molecule has 3 fully saturated rings. The Morgan fingerprint density at radius 3 is 2.32 bits per heavy atom. The number of nitrogens with one attached hydrogen (secondary N) is 1. The first-order valence-corrected chi connectivity index (χ1v) is 11.3. The highest BCUT2D eigenvalue weighted by Gasteiger charge is 2.47. The van der Waals surface area contributed by atoms with Gasteiger partial charge >= 0.3 is 5.97 Å². The van der Waals surface area contributed by atoms with Crippen LogP contribution in [0.1, 0.15) is 49.4 Å². The Hall–Kier alpha value is -2.74. The van der Waals surface area contributed by atoms with Crippen LogP contribution < -0.4 is 9.80 Å². The Labute approximate surface area is 182 Å². The zero-order valence-corrected chi connectivity index (χ0v) is 18.0. The summed E-state index contributed by atoms with van der Waals surface area (Å²) in [5, 5.41) is 0. The van der Waals surface area contributed by atoms with E-state index in [1.165, 1.54) is 4.90 Å². The molecule has 166 valence electrons. The van der Waals surface area contributed by atoms with E-state index in [0.717, 1.165) is 56.8 Å². The van der Waals surface area contributed by atoms with E-state index in [0.29, 0.717) is 11.3 Å². The number of hydrogen-bond donors (Lipinski definition) is 1. The number of imide groups is 1. The summed E-state index contributed by atoms with van der Waals surface area (Å²) in [4.78, 5) is 54.5. The van der Waals surface area contributed by atoms with E-state index in [-0.39, 0.29) is 36.7 Å². The predicted octanol–water partition coefficient (Wildman–Crippen LogP) is 0.413. The topological polar surface area (TPSA) is 88.4 Å². The highest BCUT2D eigenvalue weighted by atomic mass is 16.5. The van der Waals surface area contributed by atoms with Gasteiger partial charge in [-0.1, -0.05) is 0 Å². The van der Waals surface area contributed by atoms with E-state index in [2.05, 4.69) is 0 Å². The van der Waals surface area contributed by atoms with Gasteiger partial charge in [-0.3, -0.25) is 14.4 Å². The van der Waals surface area contributed by atoms with Crippen LogP contribution in [0.4, 0.5) is 5.69 Å². The number of likely N-dealkylation sites (tertiary alicyclic amines) is 2. The fourth-order valence-electron chi connectivity index (χ4n) is 4.96. The number of ether oxygens (including phenoxy) is 1. The summed E-state index contributed by atoms with van der Waals surface area (Å²) in [5.74, 6) is -0.550. The Balaban J connectivity index is 1.37. The number of hydrogen-bond acceptors (Lipinski definition) is 5. The zero-order valence-electron chi connectivity index (χ0n) is 18.0. The number of carbonyl (C=O) groups is 4. The molecule has 0 unspecified atom stereocenters. The van der Waals surface area contributed by atoms with Crippen LogP contribution in [0.25, 0.3) is 0 Å². The monoisotopic (exact) mass is 428 g/mol. The number of quaternary nitrogens is 1. The summed E-state index contributed by atoms with van der Waals surface area (Å²) < 4.78 is 4.97. The maximum atomic E-state index is 13.1. The van der Waals surface area contributed by atoms with E-state index in [4.69, 9.17) is 4.74 Å². The van der Waals surface area contributed by atoms with Crippen molar-refractivity contribution in [3.8, 4) is 0 Å². The van der Waals surface area contributed by atoms with Crippen LogP contribution in [0.5, 0.6) is 0 Å². The van der Waals surface area contributed by atoms with Crippen molar-refractivity contribution in [2.45, 2.75) is 45.1 Å². The maximum Gasteiger partial charge on any atom is 0.338 e. The van der Waals surface area contributed by atoms with Gasteiger partial charge in [-0.15, -0.1) is 0 Å². The third-order valence-electron chi connectivity index (χ3n) is 6.67. The minimum Gasteiger partial charge on any atom is -0.462 e. The van der Waals surface area contributed by atoms with Crippen LogP contribution in [0.15, 0.2) is 24.3 Å². The van der Waals surface area contributed by atoms with Gasteiger partial charge < -0.3 is 14.5 Å². The number of nitrogens with zero attached hydrogens (tertiary/aromatic N) is 2. The maximum absolute atomic E-state index is 13.1. The molecule has 1 atom stereocenters. The van der Waals surface area contributed by atoms with Gasteiger partial charge in [0.25, 0.3) is 5.91 Å². The summed E-state index contributed by atoms with van der Waals surface area (Å²) >= 11 is 0. The first kappa shape index (κ1) is 21.5. The molecule has 1 aromatic rings. The SMILES string of the molecule is CCOC(=O)c1ccc(N2C(=O)C[C@@H]([NH+]3CCC(C(=O)N4CCCC4)CC3)C2=O)cc1. The largest absolute Gasteiger partial charge is 0.462 e. The van der Waals surface area contributed by atoms with Crippen LogP contribution in [-0.4, -0.2) is 67.4 Å². The molecule has 3 aliphatic heterocycles. The molecule has 31 heavy (non-hydrogen) atoms. The lowest BCUT2D eigenvalue weighted by molar-refractivity contribution is -0.920. The predicted molar refractivity (Wildman–Crippen MR) is 113 cm³/mol. The van der Waals surface area contributed by atoms with Crippen molar-refractivity contribution >= 4 is 29.4 Å². The average Bonchev–Trinajstić information content (AvgIpc) is 3.42. The zero-order chi connectivity index (χ0) is 22.0. The highest BCUT2D eigenvalue weighted by Crippen LogP contribution is 2.24. The fraction of sp³-hybridized carbons (Fsp3) is 0.565. The Kier molecular flexibility index (Phi) is 6.36. The van der Waals surface area contributed by atoms with Crippen LogP contribution in [-0.2, 0) is 19.1 Å². The number of piperidine rings is 1. The van der Waals surface area contributed by atoms with Gasteiger partial charge in [-0.05, 0) is 44.0 Å². The molecule has 0 saturated carbocycles. The standard InChI is InChI=1S/C23H29N3O5/c1-2-31-23(30)17-5-7-18(8-6-17)26-20(27)15-19(22(26)29)24-13-9-16(10-14-24)21(28)25-11-3-4-12-25/h5-8,16,19H,2-4,9-15H2,1H3/p+1/t19-/m1/s1. The number of amides is 3. The molecule has 0 spiro atoms.